The van der Waals surface area contributed by atoms with Crippen molar-refractivity contribution in [2.45, 2.75) is 121 Å². The van der Waals surface area contributed by atoms with E-state index in [4.69, 9.17) is 0 Å². The average molecular weight is 361 g/mol. The minimum atomic E-state index is 0. The molecule has 20 heavy (non-hydrogen) atoms. The SMILES string of the molecule is C.CCCCCCCCCCCCCCCCC[CH2][Zr]. The standard InChI is InChI=1S/C18H37.CH4.Zr/c1-3-5-7-9-11-13-15-17-18-16-14-12-10-8-6-4-2;;/h1,3-18H2,2H3;1H4;. The second-order valence-corrected chi connectivity index (χ2v) is 7.28. The van der Waals surface area contributed by atoms with E-state index >= 15 is 0 Å². The Kier molecular flexibility index (Phi) is 25.7. The molecule has 121 valence electrons. The normalized spacial score (nSPS) is 10.4. The Morgan fingerprint density at radius 2 is 0.700 bits per heavy atom. The fourth-order valence-electron chi connectivity index (χ4n) is 2.67. The molecule has 0 nitrogen and oxygen atoms in total. The van der Waals surface area contributed by atoms with E-state index in [0.717, 1.165) is 0 Å². The molecule has 0 bridgehead atoms. The molecule has 0 aromatic rings. The molecule has 0 saturated carbocycles. The van der Waals surface area contributed by atoms with E-state index in [9.17, 15) is 0 Å². The monoisotopic (exact) mass is 359 g/mol. The molecule has 0 heterocycles. The van der Waals surface area contributed by atoms with E-state index < -0.39 is 0 Å². The van der Waals surface area contributed by atoms with E-state index in [-0.39, 0.29) is 7.43 Å². The number of hydrogen-bond acceptors (Lipinski definition) is 0. The molecule has 0 rings (SSSR count). The van der Waals surface area contributed by atoms with E-state index in [1.54, 1.807) is 24.7 Å². The summed E-state index contributed by atoms with van der Waals surface area (Å²) in [6.45, 7) is 2.30. The van der Waals surface area contributed by atoms with Crippen LogP contribution in [-0.4, -0.2) is 0 Å². The third-order valence-electron chi connectivity index (χ3n) is 4.03. The van der Waals surface area contributed by atoms with Gasteiger partial charge in [-0.1, -0.05) is 46.5 Å². The first-order valence-electron chi connectivity index (χ1n) is 9.06. The molecular formula is C19H41Zr. The molecule has 0 unspecified atom stereocenters. The van der Waals surface area contributed by atoms with Gasteiger partial charge in [0.15, 0.2) is 0 Å². The predicted molar refractivity (Wildman–Crippen MR) is 91.1 cm³/mol. The minimum absolute atomic E-state index is 0. The van der Waals surface area contributed by atoms with Gasteiger partial charge >= 0.3 is 99.5 Å². The van der Waals surface area contributed by atoms with Gasteiger partial charge in [-0.3, -0.25) is 0 Å². The summed E-state index contributed by atoms with van der Waals surface area (Å²) in [5, 5.41) is 0. The van der Waals surface area contributed by atoms with Gasteiger partial charge in [-0.25, -0.2) is 0 Å². The van der Waals surface area contributed by atoms with Crippen molar-refractivity contribution in [1.29, 1.82) is 0 Å². The Morgan fingerprint density at radius 3 is 0.950 bits per heavy atom. The first kappa shape index (κ1) is 23.2. The van der Waals surface area contributed by atoms with Crippen LogP contribution in [0.2, 0.25) is 4.13 Å². The number of unbranched alkanes of at least 4 members (excludes halogenated alkanes) is 15. The molecule has 0 saturated heterocycles. The Hall–Kier alpha value is 0.883. The van der Waals surface area contributed by atoms with Crippen LogP contribution in [0, 0.1) is 0 Å². The van der Waals surface area contributed by atoms with E-state index in [0.29, 0.717) is 0 Å². The first-order chi connectivity index (χ1) is 9.41. The summed E-state index contributed by atoms with van der Waals surface area (Å²) in [6.07, 6.45) is 23.7. The first-order valence-corrected chi connectivity index (χ1v) is 10.8. The quantitative estimate of drug-likeness (QED) is 0.246. The molecule has 1 heteroatoms. The number of hydrogen-bond donors (Lipinski definition) is 0. The predicted octanol–water partition coefficient (Wildman–Crippen LogP) is 7.85. The van der Waals surface area contributed by atoms with Crippen LogP contribution in [0.5, 0.6) is 0 Å². The fourth-order valence-corrected chi connectivity index (χ4v) is 3.29. The summed E-state index contributed by atoms with van der Waals surface area (Å²) in [7, 11) is 0. The molecular weight excluding hydrogens is 319 g/mol. The van der Waals surface area contributed by atoms with Gasteiger partial charge < -0.3 is 0 Å². The van der Waals surface area contributed by atoms with E-state index in [2.05, 4.69) is 6.92 Å². The van der Waals surface area contributed by atoms with Crippen molar-refractivity contribution in [3.63, 3.8) is 0 Å². The molecule has 0 fully saturated rings. The van der Waals surface area contributed by atoms with Gasteiger partial charge in [-0.2, -0.15) is 0 Å². The van der Waals surface area contributed by atoms with Crippen molar-refractivity contribution in [2.24, 2.45) is 0 Å². The molecule has 0 aromatic carbocycles. The summed E-state index contributed by atoms with van der Waals surface area (Å²) in [4.78, 5) is 0. The summed E-state index contributed by atoms with van der Waals surface area (Å²) < 4.78 is 1.46. The summed E-state index contributed by atoms with van der Waals surface area (Å²) in [5.74, 6) is 0. The Morgan fingerprint density at radius 1 is 0.450 bits per heavy atom. The molecule has 0 aromatic heterocycles. The van der Waals surface area contributed by atoms with Crippen molar-refractivity contribution in [3.05, 3.63) is 0 Å². The molecule has 0 aliphatic carbocycles. The van der Waals surface area contributed by atoms with Crippen LogP contribution in [0.3, 0.4) is 0 Å². The van der Waals surface area contributed by atoms with Crippen molar-refractivity contribution < 1.29 is 24.7 Å². The summed E-state index contributed by atoms with van der Waals surface area (Å²) in [5.41, 5.74) is 0. The molecule has 0 aliphatic rings. The molecule has 0 N–H and O–H groups in total. The van der Waals surface area contributed by atoms with Crippen LogP contribution in [0.25, 0.3) is 0 Å². The zero-order chi connectivity index (χ0) is 14.0. The van der Waals surface area contributed by atoms with Gasteiger partial charge in [0.05, 0.1) is 0 Å². The molecule has 0 spiro atoms. The van der Waals surface area contributed by atoms with Gasteiger partial charge in [-0.05, 0) is 0 Å². The Bertz CT molecular complexity index is 129. The van der Waals surface area contributed by atoms with Crippen LogP contribution in [-0.2, 0) is 24.7 Å². The van der Waals surface area contributed by atoms with Gasteiger partial charge in [0.2, 0.25) is 0 Å². The van der Waals surface area contributed by atoms with E-state index in [1.165, 1.54) is 107 Å². The number of rotatable bonds is 16. The Labute approximate surface area is 145 Å². The zero-order valence-corrected chi connectivity index (χ0v) is 16.0. The second kappa shape index (κ2) is 22.2. The second-order valence-electron chi connectivity index (χ2n) is 6.05. The summed E-state index contributed by atoms with van der Waals surface area (Å²) in [6, 6.07) is 0. The maximum atomic E-state index is 2.30. The molecule has 0 aliphatic heterocycles. The van der Waals surface area contributed by atoms with Crippen LogP contribution in [0.15, 0.2) is 0 Å². The topological polar surface area (TPSA) is 0 Å². The molecule has 0 radical (unpaired) electrons. The van der Waals surface area contributed by atoms with Gasteiger partial charge in [0, 0.05) is 0 Å². The third kappa shape index (κ3) is 21.2. The van der Waals surface area contributed by atoms with Crippen LogP contribution in [0.1, 0.15) is 117 Å². The Balaban J connectivity index is 0. The fraction of sp³-hybridized carbons (Fsp3) is 1.00. The van der Waals surface area contributed by atoms with Crippen LogP contribution in [0.4, 0.5) is 0 Å². The van der Waals surface area contributed by atoms with Crippen molar-refractivity contribution >= 4 is 0 Å². The van der Waals surface area contributed by atoms with Crippen LogP contribution >= 0.6 is 0 Å². The van der Waals surface area contributed by atoms with Gasteiger partial charge in [-0.15, -0.1) is 0 Å². The molecule has 0 atom stereocenters. The van der Waals surface area contributed by atoms with Gasteiger partial charge in [0.1, 0.15) is 0 Å². The third-order valence-corrected chi connectivity index (χ3v) is 4.90. The van der Waals surface area contributed by atoms with Crippen molar-refractivity contribution in [3.8, 4) is 0 Å². The van der Waals surface area contributed by atoms with Crippen LogP contribution < -0.4 is 0 Å². The average Bonchev–Trinajstić information content (AvgIpc) is 2.43. The summed E-state index contributed by atoms with van der Waals surface area (Å²) >= 11 is 1.72. The van der Waals surface area contributed by atoms with Crippen molar-refractivity contribution in [1.82, 2.24) is 0 Å². The van der Waals surface area contributed by atoms with Crippen molar-refractivity contribution in [2.75, 3.05) is 0 Å². The van der Waals surface area contributed by atoms with E-state index in [1.807, 2.05) is 0 Å². The van der Waals surface area contributed by atoms with Gasteiger partial charge in [0.25, 0.3) is 0 Å². The molecule has 0 amide bonds. The maximum absolute atomic E-state index is 2.30. The zero-order valence-electron chi connectivity index (χ0n) is 13.5.